The topological polar surface area (TPSA) is 52.0 Å². The van der Waals surface area contributed by atoms with E-state index in [1.54, 1.807) is 0 Å². The smallest absolute Gasteiger partial charge is 0.00773 e. The van der Waals surface area contributed by atoms with E-state index in [-0.39, 0.29) is 0 Å². The molecule has 0 heterocycles. The highest BCUT2D eigenvalue weighted by Crippen LogP contribution is 2.09. The third-order valence-electron chi connectivity index (χ3n) is 2.85. The molecule has 0 rings (SSSR count). The summed E-state index contributed by atoms with van der Waals surface area (Å²) in [5.41, 5.74) is 10.5. The van der Waals surface area contributed by atoms with Gasteiger partial charge in [0.2, 0.25) is 0 Å². The normalized spacial score (nSPS) is 9.88. The van der Waals surface area contributed by atoms with Gasteiger partial charge in [-0.2, -0.15) is 0 Å². The van der Waals surface area contributed by atoms with E-state index in [9.17, 15) is 0 Å². The lowest BCUT2D eigenvalue weighted by molar-refractivity contribution is 0.558. The van der Waals surface area contributed by atoms with Gasteiger partial charge in [-0.25, -0.2) is 0 Å². The maximum atomic E-state index is 5.42. The van der Waals surface area contributed by atoms with E-state index in [1.165, 1.54) is 64.2 Å². The molecule has 0 unspecified atom stereocenters. The van der Waals surface area contributed by atoms with Crippen molar-refractivity contribution in [2.45, 2.75) is 84.5 Å². The summed E-state index contributed by atoms with van der Waals surface area (Å²) in [6.45, 7) is 6.02. The molecule has 0 aromatic heterocycles. The highest BCUT2D eigenvalue weighted by Gasteiger charge is 1.91. The molecule has 2 heteroatoms. The van der Waals surface area contributed by atoms with Crippen LogP contribution in [0.25, 0.3) is 0 Å². The van der Waals surface area contributed by atoms with Gasteiger partial charge >= 0.3 is 0 Å². The highest BCUT2D eigenvalue weighted by atomic mass is 14.5. The van der Waals surface area contributed by atoms with Gasteiger partial charge in [-0.3, -0.25) is 0 Å². The van der Waals surface area contributed by atoms with Gasteiger partial charge in [0.15, 0.2) is 0 Å². The Morgan fingerprint density at radius 3 is 1.12 bits per heavy atom. The molecule has 0 amide bonds. The zero-order chi connectivity index (χ0) is 13.2. The summed E-state index contributed by atoms with van der Waals surface area (Å²) in [6.07, 6.45) is 15.0. The zero-order valence-electron chi connectivity index (χ0n) is 12.3. The van der Waals surface area contributed by atoms with Gasteiger partial charge in [-0.05, 0) is 25.9 Å². The second-order valence-electron chi connectivity index (χ2n) is 4.76. The Balaban J connectivity index is 0. The zero-order valence-corrected chi connectivity index (χ0v) is 12.3. The fraction of sp³-hybridized carbons (Fsp3) is 1.00. The van der Waals surface area contributed by atoms with E-state index < -0.39 is 0 Å². The predicted octanol–water partition coefficient (Wildman–Crippen LogP) is 4.22. The van der Waals surface area contributed by atoms with Crippen molar-refractivity contribution in [1.82, 2.24) is 0 Å². The maximum absolute atomic E-state index is 5.42. The number of nitrogens with two attached hydrogens (primary N) is 2. The van der Waals surface area contributed by atoms with Crippen LogP contribution in [0.3, 0.4) is 0 Å². The van der Waals surface area contributed by atoms with Crippen LogP contribution in [0.15, 0.2) is 0 Å². The van der Waals surface area contributed by atoms with Crippen molar-refractivity contribution in [3.8, 4) is 0 Å². The summed E-state index contributed by atoms with van der Waals surface area (Å²) < 4.78 is 0. The van der Waals surface area contributed by atoms with Gasteiger partial charge < -0.3 is 11.5 Å². The SMILES string of the molecule is CCCCCCCCCCCCN.CCCN. The molecule has 0 aliphatic heterocycles. The van der Waals surface area contributed by atoms with Crippen molar-refractivity contribution >= 4 is 0 Å². The lowest BCUT2D eigenvalue weighted by Crippen LogP contribution is -1.97. The molecule has 0 aromatic carbocycles. The first-order chi connectivity index (χ1) is 8.33. The summed E-state index contributed by atoms with van der Waals surface area (Å²) in [6, 6.07) is 0. The number of unbranched alkanes of at least 4 members (excludes halogenated alkanes) is 9. The predicted molar refractivity (Wildman–Crippen MR) is 80.2 cm³/mol. The lowest BCUT2D eigenvalue weighted by Gasteiger charge is -2.00. The summed E-state index contributed by atoms with van der Waals surface area (Å²) in [5.74, 6) is 0. The summed E-state index contributed by atoms with van der Waals surface area (Å²) >= 11 is 0. The Kier molecular flexibility index (Phi) is 24.1. The van der Waals surface area contributed by atoms with Crippen LogP contribution >= 0.6 is 0 Å². The summed E-state index contributed by atoms with van der Waals surface area (Å²) in [5, 5.41) is 0. The van der Waals surface area contributed by atoms with E-state index >= 15 is 0 Å². The monoisotopic (exact) mass is 244 g/mol. The number of hydrogen-bond donors (Lipinski definition) is 2. The van der Waals surface area contributed by atoms with Gasteiger partial charge in [0.25, 0.3) is 0 Å². The molecule has 0 saturated carbocycles. The standard InChI is InChI=1S/C12H27N.C3H9N/c1-2-3-4-5-6-7-8-9-10-11-12-13;1-2-3-4/h2-13H2,1H3;2-4H2,1H3. The summed E-state index contributed by atoms with van der Waals surface area (Å²) in [4.78, 5) is 0. The molecule has 0 fully saturated rings. The lowest BCUT2D eigenvalue weighted by atomic mass is 10.1. The maximum Gasteiger partial charge on any atom is -0.00773 e. The van der Waals surface area contributed by atoms with Gasteiger partial charge in [0.1, 0.15) is 0 Å². The fourth-order valence-electron chi connectivity index (χ4n) is 1.63. The third kappa shape index (κ3) is 25.9. The minimum absolute atomic E-state index is 0.819. The van der Waals surface area contributed by atoms with Crippen LogP contribution in [0.2, 0.25) is 0 Å². The van der Waals surface area contributed by atoms with Crippen molar-refractivity contribution in [2.24, 2.45) is 11.5 Å². The molecular weight excluding hydrogens is 208 g/mol. The van der Waals surface area contributed by atoms with Crippen LogP contribution in [0.1, 0.15) is 84.5 Å². The van der Waals surface area contributed by atoms with E-state index in [2.05, 4.69) is 13.8 Å². The molecule has 0 atom stereocenters. The second kappa shape index (κ2) is 21.2. The van der Waals surface area contributed by atoms with Crippen LogP contribution < -0.4 is 11.5 Å². The average molecular weight is 244 g/mol. The minimum atomic E-state index is 0.819. The highest BCUT2D eigenvalue weighted by molar-refractivity contribution is 4.47. The second-order valence-corrected chi connectivity index (χ2v) is 4.76. The first-order valence-corrected chi connectivity index (χ1v) is 7.73. The number of hydrogen-bond acceptors (Lipinski definition) is 2. The van der Waals surface area contributed by atoms with Crippen molar-refractivity contribution in [3.05, 3.63) is 0 Å². The van der Waals surface area contributed by atoms with Gasteiger partial charge in [0, 0.05) is 0 Å². The fourth-order valence-corrected chi connectivity index (χ4v) is 1.63. The van der Waals surface area contributed by atoms with Gasteiger partial charge in [0.05, 0.1) is 0 Å². The van der Waals surface area contributed by atoms with Gasteiger partial charge in [-0.1, -0.05) is 71.6 Å². The first kappa shape index (κ1) is 19.3. The molecule has 4 N–H and O–H groups in total. The van der Waals surface area contributed by atoms with Crippen LogP contribution in [0.5, 0.6) is 0 Å². The van der Waals surface area contributed by atoms with Crippen LogP contribution in [0, 0.1) is 0 Å². The first-order valence-electron chi connectivity index (χ1n) is 7.73. The minimum Gasteiger partial charge on any atom is -0.330 e. The van der Waals surface area contributed by atoms with Crippen LogP contribution in [-0.4, -0.2) is 13.1 Å². The Labute approximate surface area is 110 Å². The molecule has 17 heavy (non-hydrogen) atoms. The molecule has 0 aliphatic carbocycles. The van der Waals surface area contributed by atoms with Crippen molar-refractivity contribution in [2.75, 3.05) is 13.1 Å². The molecular formula is C15H36N2. The molecule has 0 bridgehead atoms. The Morgan fingerprint density at radius 1 is 0.471 bits per heavy atom. The Bertz CT molecular complexity index is 93.1. The van der Waals surface area contributed by atoms with E-state index in [0.717, 1.165) is 19.5 Å². The third-order valence-corrected chi connectivity index (χ3v) is 2.85. The summed E-state index contributed by atoms with van der Waals surface area (Å²) in [7, 11) is 0. The molecule has 0 spiro atoms. The van der Waals surface area contributed by atoms with Crippen LogP contribution in [-0.2, 0) is 0 Å². The number of rotatable bonds is 11. The van der Waals surface area contributed by atoms with Gasteiger partial charge in [-0.15, -0.1) is 0 Å². The van der Waals surface area contributed by atoms with Crippen LogP contribution in [0.4, 0.5) is 0 Å². The molecule has 0 aromatic rings. The van der Waals surface area contributed by atoms with E-state index in [1.807, 2.05) is 0 Å². The van der Waals surface area contributed by atoms with E-state index in [0.29, 0.717) is 0 Å². The largest absolute Gasteiger partial charge is 0.330 e. The quantitative estimate of drug-likeness (QED) is 0.535. The van der Waals surface area contributed by atoms with Crippen molar-refractivity contribution in [1.29, 1.82) is 0 Å². The van der Waals surface area contributed by atoms with E-state index in [4.69, 9.17) is 11.5 Å². The molecule has 106 valence electrons. The molecule has 0 aliphatic rings. The Morgan fingerprint density at radius 2 is 0.824 bits per heavy atom. The Hall–Kier alpha value is -0.0800. The molecule has 2 nitrogen and oxygen atoms in total. The molecule has 0 saturated heterocycles. The average Bonchev–Trinajstić information content (AvgIpc) is 2.37. The molecule has 0 radical (unpaired) electrons. The van der Waals surface area contributed by atoms with Crippen molar-refractivity contribution < 1.29 is 0 Å². The van der Waals surface area contributed by atoms with Crippen molar-refractivity contribution in [3.63, 3.8) is 0 Å².